The quantitative estimate of drug-likeness (QED) is 0.0951. The van der Waals surface area contributed by atoms with E-state index in [1.165, 1.54) is 0 Å². The fourth-order valence-corrected chi connectivity index (χ4v) is 71.9. The first-order valence-electron chi connectivity index (χ1n) is 47.5. The zero-order chi connectivity index (χ0) is 98.5. The van der Waals surface area contributed by atoms with Crippen molar-refractivity contribution in [3.63, 3.8) is 0 Å². The molecular formula is C120H106O14Si10. The Kier molecular flexibility index (Phi) is 35.0. The van der Waals surface area contributed by atoms with Crippen LogP contribution in [-0.2, 0) is 57.6 Å². The van der Waals surface area contributed by atoms with Gasteiger partial charge in [-0.05, 0) is 72.0 Å². The highest BCUT2D eigenvalue weighted by atomic mass is 28.6. The molecule has 19 aromatic rings. The summed E-state index contributed by atoms with van der Waals surface area (Å²) in [6, 6.07) is 197. The predicted molar refractivity (Wildman–Crippen MR) is 595 cm³/mol. The summed E-state index contributed by atoms with van der Waals surface area (Å²) in [6.07, 6.45) is 0. The number of fused-ring (bicyclic) bond motifs is 4. The molecule has 6 aliphatic heterocycles. The summed E-state index contributed by atoms with van der Waals surface area (Å²) in [6.45, 7) is 3.98. The van der Waals surface area contributed by atoms with E-state index in [0.717, 1.165) is 22.3 Å². The van der Waals surface area contributed by atoms with Gasteiger partial charge in [-0.3, -0.25) is 0 Å². The predicted octanol–water partition coefficient (Wildman–Crippen LogP) is 19.6. The molecule has 0 spiro atoms. The van der Waals surface area contributed by atoms with Crippen LogP contribution >= 0.6 is 0 Å². The summed E-state index contributed by atoms with van der Waals surface area (Å²) >= 11 is 0. The minimum absolute atomic E-state index is 0.458. The van der Waals surface area contributed by atoms with Gasteiger partial charge in [0.15, 0.2) is 0 Å². The van der Waals surface area contributed by atoms with Gasteiger partial charge in [-0.1, -0.05) is 582 Å². The molecule has 0 unspecified atom stereocenters. The van der Waals surface area contributed by atoms with Gasteiger partial charge in [0.25, 0.3) is 0 Å². The molecule has 0 N–H and O–H groups in total. The first-order valence-corrected chi connectivity index (χ1v) is 65.9. The van der Waals surface area contributed by atoms with Crippen molar-refractivity contribution in [2.75, 3.05) is 0 Å². The van der Waals surface area contributed by atoms with Crippen LogP contribution in [0.5, 0.6) is 0 Å². The van der Waals surface area contributed by atoms with Gasteiger partial charge in [0.1, 0.15) is 0 Å². The lowest BCUT2D eigenvalue weighted by atomic mass is 10.2. The minimum Gasteiger partial charge on any atom is -0.387 e. The number of hydrogen-bond acceptors (Lipinski definition) is 14. The molecule has 19 aromatic carbocycles. The molecule has 25 rings (SSSR count). The first-order chi connectivity index (χ1) is 70.9. The van der Waals surface area contributed by atoms with Gasteiger partial charge in [-0.15, -0.1) is 0 Å². The third-order valence-electron chi connectivity index (χ3n) is 22.8. The number of rotatable bonds is 10. The standard InChI is InChI=1S/C78H64O14Si10.7C6H6/c1-93(69-61-57-67(58-62-69)55-53-65-33-13-3-14-34-65)79-95(71-37-17-5-18-38-71)83-99(75-45-25-9-26-46-75)87-97(73-41-21-7-22-42-73)81-94(2,70-63-59-68(60-64-70)56-54-66-35-15-4-16-36-66)82-98(74-43-23-8-24-44-74)89-101(91-99,77-49-29-11-30-50-77)85-96(80-93,72-39-19-6-20-40-72)86-102(90-98,78-51-31-12-32-52-78)92-100(84-95,88-97)76-47-27-10-28-48-76;7*1-2-4-6-5-3-1/h3-52,57-64H,1-2H3;7*1-6H. The van der Waals surface area contributed by atoms with E-state index >= 15 is 0 Å². The number of hydrogen-bond donors (Lipinski definition) is 0. The minimum atomic E-state index is -5.38. The van der Waals surface area contributed by atoms with Crippen LogP contribution in [0.2, 0.25) is 13.1 Å². The summed E-state index contributed by atoms with van der Waals surface area (Å²) in [7, 11) is -51.5. The van der Waals surface area contributed by atoms with Gasteiger partial charge >= 0.3 is 87.6 Å². The molecule has 0 amide bonds. The lowest BCUT2D eigenvalue weighted by Gasteiger charge is -2.60. The Labute approximate surface area is 856 Å². The summed E-state index contributed by atoms with van der Waals surface area (Å²) in [5, 5.41) is 5.10. The van der Waals surface area contributed by atoms with Crippen molar-refractivity contribution in [3.05, 3.63) is 629 Å². The Morgan fingerprint density at radius 2 is 0.201 bits per heavy atom. The summed E-state index contributed by atoms with van der Waals surface area (Å²) in [5.41, 5.74) is 3.22. The van der Waals surface area contributed by atoms with Crippen molar-refractivity contribution in [1.82, 2.24) is 0 Å². The van der Waals surface area contributed by atoms with E-state index in [9.17, 15) is 0 Å². The maximum atomic E-state index is 8.78. The Morgan fingerprint density at radius 1 is 0.104 bits per heavy atom. The fourth-order valence-electron chi connectivity index (χ4n) is 15.9. The molecule has 0 aromatic heterocycles. The lowest BCUT2D eigenvalue weighted by Crippen LogP contribution is -2.94. The van der Waals surface area contributed by atoms with E-state index in [4.69, 9.17) is 57.6 Å². The topological polar surface area (TPSA) is 129 Å². The third-order valence-corrected chi connectivity index (χ3v) is 65.9. The average molecular weight is 2050 g/mol. The van der Waals surface area contributed by atoms with Crippen LogP contribution in [0.15, 0.2) is 607 Å². The maximum absolute atomic E-state index is 8.78. The van der Waals surface area contributed by atoms with Gasteiger partial charge in [0.05, 0.1) is 0 Å². The molecule has 6 fully saturated rings. The van der Waals surface area contributed by atoms with E-state index in [2.05, 4.69) is 23.7 Å². The molecule has 144 heavy (non-hydrogen) atoms. The summed E-state index contributed by atoms with van der Waals surface area (Å²) in [4.78, 5) is 0. The second-order valence-corrected chi connectivity index (χ2v) is 63.1. The number of benzene rings is 19. The molecule has 0 saturated carbocycles. The Hall–Kier alpha value is -14.1. The fraction of sp³-hybridized carbons (Fsp3) is 0.0167. The molecule has 14 nitrogen and oxygen atoms in total. The second kappa shape index (κ2) is 49.7. The largest absolute Gasteiger partial charge is 0.515 e. The van der Waals surface area contributed by atoms with Crippen molar-refractivity contribution in [2.45, 2.75) is 13.1 Å². The normalized spacial score (nSPS) is 23.1. The molecule has 0 aliphatic carbocycles. The Morgan fingerprint density at radius 3 is 0.326 bits per heavy atom. The SMILES string of the molecule is C[Si]1(c2ccc(C#Cc3ccccc3)cc2)O[Si]2(c3ccccc3)O[Si]3(c4ccccc4)O[Si]4(c5ccccc5)O[Si](C)(c5ccc(C#Cc6ccccc6)cc5)O[Si]5(c6ccccc6)O[Si](c6ccccc6)(O[Si](c6ccccc6)(O1)O[Si](c1ccccc1)(O5)O[Si](c1ccccc1)(O2)O4)O3.c1ccccc1.c1ccccc1.c1ccccc1.c1ccccc1.c1ccccc1.c1ccccc1.c1ccccc1. The van der Waals surface area contributed by atoms with E-state index < -0.39 is 87.6 Å². The van der Waals surface area contributed by atoms with Gasteiger partial charge in [0, 0.05) is 63.7 Å². The Bertz CT molecular complexity index is 6060. The molecule has 6 aliphatic rings. The molecule has 0 radical (unpaired) electrons. The molecule has 24 heteroatoms. The van der Waals surface area contributed by atoms with Gasteiger partial charge in [0.2, 0.25) is 0 Å². The van der Waals surface area contributed by atoms with E-state index in [1.54, 1.807) is 0 Å². The van der Waals surface area contributed by atoms with Crippen LogP contribution in [0.25, 0.3) is 0 Å². The zero-order valence-corrected chi connectivity index (χ0v) is 89.5. The van der Waals surface area contributed by atoms with Crippen LogP contribution in [-0.4, -0.2) is 87.6 Å². The van der Waals surface area contributed by atoms with Gasteiger partial charge < -0.3 is 57.6 Å². The van der Waals surface area contributed by atoms with Crippen LogP contribution < -0.4 is 51.9 Å². The van der Waals surface area contributed by atoms with Crippen LogP contribution in [0.4, 0.5) is 0 Å². The lowest BCUT2D eigenvalue weighted by molar-refractivity contribution is 0.0273. The Balaban J connectivity index is 0.000000277. The molecule has 6 saturated heterocycles. The van der Waals surface area contributed by atoms with Gasteiger partial charge in [-0.25, -0.2) is 0 Å². The molecule has 710 valence electrons. The zero-order valence-electron chi connectivity index (χ0n) is 79.5. The van der Waals surface area contributed by atoms with Crippen LogP contribution in [0.1, 0.15) is 22.3 Å². The van der Waals surface area contributed by atoms with Crippen LogP contribution in [0.3, 0.4) is 0 Å². The highest BCUT2D eigenvalue weighted by Gasteiger charge is 2.84. The highest BCUT2D eigenvalue weighted by molar-refractivity contribution is 7.14. The van der Waals surface area contributed by atoms with Crippen molar-refractivity contribution in [2.24, 2.45) is 0 Å². The van der Waals surface area contributed by atoms with Crippen molar-refractivity contribution in [3.8, 4) is 23.7 Å². The molecule has 8 bridgehead atoms. The van der Waals surface area contributed by atoms with Crippen molar-refractivity contribution in [1.29, 1.82) is 0 Å². The maximum Gasteiger partial charge on any atom is 0.515 e. The highest BCUT2D eigenvalue weighted by Crippen LogP contribution is 2.47. The smallest absolute Gasteiger partial charge is 0.387 e. The van der Waals surface area contributed by atoms with E-state index in [0.29, 0.717) is 51.9 Å². The monoisotopic (exact) mass is 2050 g/mol. The van der Waals surface area contributed by atoms with Gasteiger partial charge in [-0.2, -0.15) is 0 Å². The molecule has 6 heterocycles. The molecule has 0 atom stereocenters. The molecular weight excluding hydrogens is 1950 g/mol. The van der Waals surface area contributed by atoms with Crippen LogP contribution in [0, 0.1) is 23.7 Å². The summed E-state index contributed by atoms with van der Waals surface area (Å²) in [5.74, 6) is 13.5. The average Bonchev–Trinajstić information content (AvgIpc) is 0.672. The third kappa shape index (κ3) is 25.9. The van der Waals surface area contributed by atoms with Crippen molar-refractivity contribution < 1.29 is 57.6 Å². The van der Waals surface area contributed by atoms with Crippen molar-refractivity contribution >= 4 is 139 Å². The van der Waals surface area contributed by atoms with E-state index in [-0.39, 0.29) is 0 Å². The van der Waals surface area contributed by atoms with E-state index in [1.807, 2.05) is 620 Å². The second-order valence-electron chi connectivity index (χ2n) is 33.2. The first kappa shape index (κ1) is 101. The summed E-state index contributed by atoms with van der Waals surface area (Å²) < 4.78 is 122.